The average Bonchev–Trinajstić information content (AvgIpc) is 2.94. The Balaban J connectivity index is 1.85. The van der Waals surface area contributed by atoms with Gasteiger partial charge in [-0.1, -0.05) is 18.2 Å². The third kappa shape index (κ3) is 2.68. The van der Waals surface area contributed by atoms with E-state index < -0.39 is 25.5 Å². The molecule has 0 bridgehead atoms. The molecular weight excluding hydrogens is 370 g/mol. The van der Waals surface area contributed by atoms with Gasteiger partial charge in [-0.15, -0.1) is 0 Å². The van der Waals surface area contributed by atoms with Crippen LogP contribution in [0.2, 0.25) is 0 Å². The Labute approximate surface area is 154 Å². The van der Waals surface area contributed by atoms with E-state index in [0.29, 0.717) is 27.6 Å². The predicted octanol–water partition coefficient (Wildman–Crippen LogP) is 3.42. The van der Waals surface area contributed by atoms with Crippen molar-refractivity contribution in [3.63, 3.8) is 0 Å². The van der Waals surface area contributed by atoms with Gasteiger partial charge in [-0.3, -0.25) is 19.6 Å². The van der Waals surface area contributed by atoms with Crippen molar-refractivity contribution in [1.82, 2.24) is 0 Å². The van der Waals surface area contributed by atoms with Crippen molar-refractivity contribution in [1.29, 1.82) is 0 Å². The molecule has 27 heavy (non-hydrogen) atoms. The number of nitro benzene ring substituents is 1. The fourth-order valence-corrected chi connectivity index (χ4v) is 4.41. The van der Waals surface area contributed by atoms with Gasteiger partial charge in [0.1, 0.15) is 0 Å². The number of sulfonamides is 1. The van der Waals surface area contributed by atoms with Crippen LogP contribution >= 0.6 is 0 Å². The molecule has 3 aromatic carbocycles. The second kappa shape index (κ2) is 5.78. The zero-order valence-electron chi connectivity index (χ0n) is 14.0. The van der Waals surface area contributed by atoms with Crippen LogP contribution in [0, 0.1) is 17.0 Å². The first kappa shape index (κ1) is 17.0. The lowest BCUT2D eigenvalue weighted by atomic mass is 10.0. The van der Waals surface area contributed by atoms with E-state index in [4.69, 9.17) is 0 Å². The van der Waals surface area contributed by atoms with Crippen molar-refractivity contribution in [2.75, 3.05) is 10.0 Å². The molecule has 9 heteroatoms. The number of nitro groups is 1. The monoisotopic (exact) mass is 383 g/mol. The van der Waals surface area contributed by atoms with Crippen molar-refractivity contribution in [3.8, 4) is 0 Å². The Morgan fingerprint density at radius 3 is 2.63 bits per heavy atom. The zero-order valence-corrected chi connectivity index (χ0v) is 14.8. The minimum Gasteiger partial charge on any atom is -0.321 e. The smallest absolute Gasteiger partial charge is 0.290 e. The number of rotatable bonds is 4. The molecule has 0 radical (unpaired) electrons. The van der Waals surface area contributed by atoms with Gasteiger partial charge in [-0.05, 0) is 36.8 Å². The molecule has 3 aromatic rings. The number of anilines is 2. The quantitative estimate of drug-likeness (QED) is 0.528. The summed E-state index contributed by atoms with van der Waals surface area (Å²) in [6.07, 6.45) is 0. The normalized spacial score (nSPS) is 12.9. The lowest BCUT2D eigenvalue weighted by molar-refractivity contribution is -0.387. The SMILES string of the molecule is Cc1ccc(S(=O)(=O)Nc2ccc3c4c(cccc24)C(=O)N3)c([N+](=O)[O-])c1. The van der Waals surface area contributed by atoms with E-state index in [1.807, 2.05) is 0 Å². The van der Waals surface area contributed by atoms with Crippen LogP contribution in [0.15, 0.2) is 53.4 Å². The number of hydrogen-bond donors (Lipinski definition) is 2. The van der Waals surface area contributed by atoms with Gasteiger partial charge in [-0.25, -0.2) is 8.42 Å². The molecular formula is C18H13N3O5S. The molecule has 0 atom stereocenters. The molecule has 0 fully saturated rings. The second-order valence-electron chi connectivity index (χ2n) is 6.18. The number of carbonyl (C=O) groups is 1. The fraction of sp³-hybridized carbons (Fsp3) is 0.0556. The van der Waals surface area contributed by atoms with E-state index in [0.717, 1.165) is 0 Å². The Hall–Kier alpha value is -3.46. The number of amides is 1. The molecule has 2 N–H and O–H groups in total. The van der Waals surface area contributed by atoms with E-state index in [1.165, 1.54) is 24.3 Å². The number of hydrogen-bond acceptors (Lipinski definition) is 5. The minimum atomic E-state index is -4.21. The van der Waals surface area contributed by atoms with Crippen LogP contribution in [0.3, 0.4) is 0 Å². The molecule has 0 unspecified atom stereocenters. The van der Waals surface area contributed by atoms with Crippen LogP contribution < -0.4 is 10.0 Å². The molecule has 1 aliphatic heterocycles. The van der Waals surface area contributed by atoms with Crippen molar-refractivity contribution in [2.24, 2.45) is 0 Å². The van der Waals surface area contributed by atoms with Gasteiger partial charge in [0.2, 0.25) is 0 Å². The van der Waals surface area contributed by atoms with E-state index in [2.05, 4.69) is 10.0 Å². The van der Waals surface area contributed by atoms with Gasteiger partial charge < -0.3 is 5.32 Å². The third-order valence-corrected chi connectivity index (χ3v) is 5.79. The topological polar surface area (TPSA) is 118 Å². The number of carbonyl (C=O) groups excluding carboxylic acids is 1. The van der Waals surface area contributed by atoms with Crippen LogP contribution in [-0.4, -0.2) is 19.2 Å². The summed E-state index contributed by atoms with van der Waals surface area (Å²) in [7, 11) is -4.21. The molecule has 0 aromatic heterocycles. The maximum absolute atomic E-state index is 12.8. The standard InChI is InChI=1S/C18H13N3O5S/c1-10-5-8-16(15(9-10)21(23)24)27(25,26)20-13-6-7-14-17-11(13)3-2-4-12(17)18(22)19-14/h2-9,20H,1H3,(H,19,22). The molecule has 4 rings (SSSR count). The number of nitrogens with zero attached hydrogens (tertiary/aromatic N) is 1. The highest BCUT2D eigenvalue weighted by atomic mass is 32.2. The van der Waals surface area contributed by atoms with E-state index in [1.54, 1.807) is 31.2 Å². The molecule has 136 valence electrons. The lowest BCUT2D eigenvalue weighted by Gasteiger charge is -2.12. The molecule has 0 saturated carbocycles. The first-order chi connectivity index (χ1) is 12.8. The summed E-state index contributed by atoms with van der Waals surface area (Å²) in [5.41, 5.74) is 1.36. The Bertz CT molecular complexity index is 1250. The highest BCUT2D eigenvalue weighted by molar-refractivity contribution is 7.92. The largest absolute Gasteiger partial charge is 0.321 e. The van der Waals surface area contributed by atoms with Crippen molar-refractivity contribution in [3.05, 3.63) is 69.8 Å². The zero-order chi connectivity index (χ0) is 19.3. The summed E-state index contributed by atoms with van der Waals surface area (Å²) in [6, 6.07) is 12.0. The molecule has 1 heterocycles. The summed E-state index contributed by atoms with van der Waals surface area (Å²) in [5, 5.41) is 15.1. The number of nitrogens with one attached hydrogen (secondary N) is 2. The summed E-state index contributed by atoms with van der Waals surface area (Å²) in [4.78, 5) is 22.1. The number of benzene rings is 3. The maximum atomic E-state index is 12.8. The Morgan fingerprint density at radius 2 is 1.89 bits per heavy atom. The molecule has 1 aliphatic rings. The van der Waals surface area contributed by atoms with E-state index >= 15 is 0 Å². The van der Waals surface area contributed by atoms with Gasteiger partial charge in [0.05, 0.1) is 10.6 Å². The average molecular weight is 383 g/mol. The van der Waals surface area contributed by atoms with Gasteiger partial charge >= 0.3 is 0 Å². The Morgan fingerprint density at radius 1 is 1.11 bits per heavy atom. The van der Waals surface area contributed by atoms with Crippen LogP contribution in [0.1, 0.15) is 15.9 Å². The first-order valence-corrected chi connectivity index (χ1v) is 9.41. The first-order valence-electron chi connectivity index (χ1n) is 7.93. The van der Waals surface area contributed by atoms with Crippen molar-refractivity contribution in [2.45, 2.75) is 11.8 Å². The van der Waals surface area contributed by atoms with Gasteiger partial charge in [0.15, 0.2) is 4.90 Å². The summed E-state index contributed by atoms with van der Waals surface area (Å²) in [5.74, 6) is -0.259. The van der Waals surface area contributed by atoms with Crippen molar-refractivity contribution >= 4 is 43.8 Å². The van der Waals surface area contributed by atoms with E-state index in [9.17, 15) is 23.3 Å². The van der Waals surface area contributed by atoms with Gasteiger partial charge in [0, 0.05) is 28.1 Å². The summed E-state index contributed by atoms with van der Waals surface area (Å²) in [6.45, 7) is 1.64. The number of aryl methyl sites for hydroxylation is 1. The molecule has 0 saturated heterocycles. The highest BCUT2D eigenvalue weighted by Gasteiger charge is 2.28. The fourth-order valence-electron chi connectivity index (χ4n) is 3.18. The molecule has 0 aliphatic carbocycles. The van der Waals surface area contributed by atoms with E-state index in [-0.39, 0.29) is 11.6 Å². The molecule has 8 nitrogen and oxygen atoms in total. The molecule has 0 spiro atoms. The van der Waals surface area contributed by atoms with Gasteiger partial charge in [-0.2, -0.15) is 0 Å². The van der Waals surface area contributed by atoms with Crippen molar-refractivity contribution < 1.29 is 18.1 Å². The summed E-state index contributed by atoms with van der Waals surface area (Å²) >= 11 is 0. The summed E-state index contributed by atoms with van der Waals surface area (Å²) < 4.78 is 28.1. The maximum Gasteiger partial charge on any atom is 0.290 e. The Kier molecular flexibility index (Phi) is 3.63. The van der Waals surface area contributed by atoms with Gasteiger partial charge in [0.25, 0.3) is 21.6 Å². The van der Waals surface area contributed by atoms with Crippen LogP contribution in [-0.2, 0) is 10.0 Å². The van der Waals surface area contributed by atoms with Crippen LogP contribution in [0.5, 0.6) is 0 Å². The predicted molar refractivity (Wildman–Crippen MR) is 101 cm³/mol. The minimum absolute atomic E-state index is 0.238. The second-order valence-corrected chi connectivity index (χ2v) is 7.83. The van der Waals surface area contributed by atoms with Crippen LogP contribution in [0.25, 0.3) is 10.8 Å². The molecule has 1 amide bonds. The highest BCUT2D eigenvalue weighted by Crippen LogP contribution is 2.38. The lowest BCUT2D eigenvalue weighted by Crippen LogP contribution is -2.15. The van der Waals surface area contributed by atoms with Crippen LogP contribution in [0.4, 0.5) is 17.1 Å². The third-order valence-electron chi connectivity index (χ3n) is 4.38.